The van der Waals surface area contributed by atoms with Crippen LogP contribution in [0.25, 0.3) is 0 Å². The fourth-order valence-electron chi connectivity index (χ4n) is 1.75. The van der Waals surface area contributed by atoms with Crippen molar-refractivity contribution in [1.82, 2.24) is 0 Å². The van der Waals surface area contributed by atoms with Gasteiger partial charge in [0, 0.05) is 16.7 Å². The number of benzene rings is 1. The van der Waals surface area contributed by atoms with Gasteiger partial charge in [0.2, 0.25) is 0 Å². The van der Waals surface area contributed by atoms with Gasteiger partial charge in [0.05, 0.1) is 5.92 Å². The molecule has 2 N–H and O–H groups in total. The number of carboxylic acids is 1. The van der Waals surface area contributed by atoms with E-state index in [2.05, 4.69) is 21.2 Å². The van der Waals surface area contributed by atoms with Gasteiger partial charge in [0.25, 0.3) is 0 Å². The van der Waals surface area contributed by atoms with Crippen molar-refractivity contribution in [2.45, 2.75) is 12.3 Å². The maximum atomic E-state index is 11.0. The van der Waals surface area contributed by atoms with E-state index in [0.717, 1.165) is 22.3 Å². The Morgan fingerprint density at radius 3 is 2.93 bits per heavy atom. The molecule has 1 aromatic carbocycles. The third-order valence-corrected chi connectivity index (χ3v) is 2.93. The monoisotopic (exact) mass is 291 g/mol. The average molecular weight is 293 g/mol. The second-order valence-corrected chi connectivity index (χ2v) is 4.25. The van der Waals surface area contributed by atoms with Crippen LogP contribution in [0.2, 0.25) is 0 Å². The van der Waals surface area contributed by atoms with Crippen molar-refractivity contribution >= 4 is 40.0 Å². The fraction of sp³-hybridized carbons (Fsp3) is 0.300. The van der Waals surface area contributed by atoms with Crippen molar-refractivity contribution < 1.29 is 9.90 Å². The highest BCUT2D eigenvalue weighted by Crippen LogP contribution is 2.33. The molecule has 0 saturated carbocycles. The molecule has 0 radical (unpaired) electrons. The van der Waals surface area contributed by atoms with Crippen LogP contribution in [0.1, 0.15) is 17.9 Å². The highest BCUT2D eigenvalue weighted by Gasteiger charge is 2.25. The molecule has 0 fully saturated rings. The zero-order valence-electron chi connectivity index (χ0n) is 7.87. The number of hydrogen-bond acceptors (Lipinski definition) is 2. The Balaban J connectivity index is 0.00000112. The van der Waals surface area contributed by atoms with E-state index in [1.54, 1.807) is 0 Å². The van der Waals surface area contributed by atoms with Crippen molar-refractivity contribution in [2.24, 2.45) is 0 Å². The average Bonchev–Trinajstić information content (AvgIpc) is 2.16. The number of rotatable bonds is 1. The molecule has 0 aliphatic carbocycles. The summed E-state index contributed by atoms with van der Waals surface area (Å²) < 4.78 is 0.922. The maximum Gasteiger partial charge on any atom is 0.311 e. The molecule has 15 heavy (non-hydrogen) atoms. The van der Waals surface area contributed by atoms with Crippen molar-refractivity contribution in [3.63, 3.8) is 0 Å². The number of anilines is 1. The first-order valence-corrected chi connectivity index (χ1v) is 5.24. The topological polar surface area (TPSA) is 49.3 Å². The predicted molar refractivity (Wildman–Crippen MR) is 64.9 cm³/mol. The smallest absolute Gasteiger partial charge is 0.311 e. The molecule has 1 atom stereocenters. The Kier molecular flexibility index (Phi) is 3.99. The summed E-state index contributed by atoms with van der Waals surface area (Å²) in [6.07, 6.45) is 0.652. The third-order valence-electron chi connectivity index (χ3n) is 2.44. The highest BCUT2D eigenvalue weighted by atomic mass is 79.9. The van der Waals surface area contributed by atoms with Gasteiger partial charge in [-0.1, -0.05) is 15.9 Å². The van der Waals surface area contributed by atoms with E-state index in [9.17, 15) is 4.79 Å². The standard InChI is InChI=1S/C10H10BrNO2.ClH/c11-6-1-2-9-8(5-6)7(10(13)14)3-4-12-9;/h1-2,5,7,12H,3-4H2,(H,13,14);1H. The molecular formula is C10H11BrClNO2. The van der Waals surface area contributed by atoms with Crippen LogP contribution in [0.15, 0.2) is 22.7 Å². The Bertz CT molecular complexity index is 384. The van der Waals surface area contributed by atoms with E-state index in [1.807, 2.05) is 18.2 Å². The largest absolute Gasteiger partial charge is 0.481 e. The summed E-state index contributed by atoms with van der Waals surface area (Å²) >= 11 is 3.35. The van der Waals surface area contributed by atoms with Crippen molar-refractivity contribution in [3.05, 3.63) is 28.2 Å². The van der Waals surface area contributed by atoms with Gasteiger partial charge in [-0.25, -0.2) is 0 Å². The third kappa shape index (κ3) is 2.44. The number of nitrogens with one attached hydrogen (secondary N) is 1. The molecule has 1 unspecified atom stereocenters. The Morgan fingerprint density at radius 1 is 1.53 bits per heavy atom. The zero-order valence-corrected chi connectivity index (χ0v) is 10.3. The quantitative estimate of drug-likeness (QED) is 0.837. The summed E-state index contributed by atoms with van der Waals surface area (Å²) in [5.74, 6) is -1.12. The molecule has 0 aromatic heterocycles. The summed E-state index contributed by atoms with van der Waals surface area (Å²) in [6.45, 7) is 0.728. The summed E-state index contributed by atoms with van der Waals surface area (Å²) in [7, 11) is 0. The SMILES string of the molecule is Cl.O=C(O)C1CCNc2ccc(Br)cc21. The Hall–Kier alpha value is -0.740. The van der Waals surface area contributed by atoms with Crippen LogP contribution in [0.4, 0.5) is 5.69 Å². The van der Waals surface area contributed by atoms with Gasteiger partial charge in [-0.15, -0.1) is 12.4 Å². The van der Waals surface area contributed by atoms with Gasteiger partial charge in [-0.3, -0.25) is 4.79 Å². The number of carbonyl (C=O) groups is 1. The molecule has 0 spiro atoms. The molecule has 1 aromatic rings. The van der Waals surface area contributed by atoms with Gasteiger partial charge < -0.3 is 10.4 Å². The predicted octanol–water partition coefficient (Wildman–Crippen LogP) is 2.85. The van der Waals surface area contributed by atoms with Gasteiger partial charge in [-0.05, 0) is 30.2 Å². The van der Waals surface area contributed by atoms with E-state index in [-0.39, 0.29) is 18.3 Å². The molecule has 1 aliphatic heterocycles. The van der Waals surface area contributed by atoms with Gasteiger partial charge in [0.1, 0.15) is 0 Å². The minimum absolute atomic E-state index is 0. The van der Waals surface area contributed by atoms with Crippen molar-refractivity contribution in [1.29, 1.82) is 0 Å². The lowest BCUT2D eigenvalue weighted by Gasteiger charge is -2.23. The van der Waals surface area contributed by atoms with Crippen molar-refractivity contribution in [3.8, 4) is 0 Å². The number of aliphatic carboxylic acids is 1. The summed E-state index contributed by atoms with van der Waals surface area (Å²) in [5, 5.41) is 12.2. The minimum atomic E-state index is -0.745. The second kappa shape index (κ2) is 4.86. The van der Waals surface area contributed by atoms with Crippen LogP contribution in [0.3, 0.4) is 0 Å². The van der Waals surface area contributed by atoms with Gasteiger partial charge in [-0.2, -0.15) is 0 Å². The van der Waals surface area contributed by atoms with E-state index < -0.39 is 5.97 Å². The van der Waals surface area contributed by atoms with E-state index in [0.29, 0.717) is 6.42 Å². The van der Waals surface area contributed by atoms with Crippen LogP contribution in [0, 0.1) is 0 Å². The van der Waals surface area contributed by atoms with E-state index in [4.69, 9.17) is 5.11 Å². The first kappa shape index (κ1) is 12.3. The van der Waals surface area contributed by atoms with Crippen LogP contribution in [-0.2, 0) is 4.79 Å². The lowest BCUT2D eigenvalue weighted by molar-refractivity contribution is -0.138. The molecule has 0 bridgehead atoms. The maximum absolute atomic E-state index is 11.0. The van der Waals surface area contributed by atoms with Crippen LogP contribution < -0.4 is 5.32 Å². The number of halogens is 2. The van der Waals surface area contributed by atoms with Gasteiger partial charge >= 0.3 is 5.97 Å². The van der Waals surface area contributed by atoms with Crippen LogP contribution >= 0.6 is 28.3 Å². The minimum Gasteiger partial charge on any atom is -0.481 e. The first-order valence-electron chi connectivity index (χ1n) is 4.44. The highest BCUT2D eigenvalue weighted by molar-refractivity contribution is 9.10. The Labute approximate surface area is 102 Å². The summed E-state index contributed by atoms with van der Waals surface area (Å²) in [5.41, 5.74) is 1.81. The molecule has 0 saturated heterocycles. The molecule has 1 aliphatic rings. The molecule has 1 heterocycles. The Morgan fingerprint density at radius 2 is 2.27 bits per heavy atom. The number of hydrogen-bond donors (Lipinski definition) is 2. The summed E-state index contributed by atoms with van der Waals surface area (Å²) in [6, 6.07) is 5.70. The van der Waals surface area contributed by atoms with Crippen LogP contribution in [-0.4, -0.2) is 17.6 Å². The lowest BCUT2D eigenvalue weighted by Crippen LogP contribution is -2.22. The second-order valence-electron chi connectivity index (χ2n) is 3.34. The van der Waals surface area contributed by atoms with E-state index in [1.165, 1.54) is 0 Å². The molecule has 3 nitrogen and oxygen atoms in total. The summed E-state index contributed by atoms with van der Waals surface area (Å²) in [4.78, 5) is 11.0. The van der Waals surface area contributed by atoms with Crippen molar-refractivity contribution in [2.75, 3.05) is 11.9 Å². The molecule has 5 heteroatoms. The number of fused-ring (bicyclic) bond motifs is 1. The normalized spacial score (nSPS) is 18.3. The number of carboxylic acid groups (broad SMARTS) is 1. The molecule has 82 valence electrons. The molecular weight excluding hydrogens is 281 g/mol. The molecule has 2 rings (SSSR count). The first-order chi connectivity index (χ1) is 6.68. The zero-order chi connectivity index (χ0) is 10.1. The van der Waals surface area contributed by atoms with Gasteiger partial charge in [0.15, 0.2) is 0 Å². The lowest BCUT2D eigenvalue weighted by atomic mass is 9.91. The molecule has 0 amide bonds. The fourth-order valence-corrected chi connectivity index (χ4v) is 2.12. The van der Waals surface area contributed by atoms with Crippen LogP contribution in [0.5, 0.6) is 0 Å². The van der Waals surface area contributed by atoms with E-state index >= 15 is 0 Å².